The molecular formula is C39H52O6Si. The van der Waals surface area contributed by atoms with Crippen molar-refractivity contribution >= 4 is 14.1 Å². The van der Waals surface area contributed by atoms with Crippen molar-refractivity contribution in [3.63, 3.8) is 0 Å². The fraction of sp³-hybridized carbons (Fsp3) is 0.462. The van der Waals surface area contributed by atoms with Crippen molar-refractivity contribution < 1.29 is 28.2 Å². The van der Waals surface area contributed by atoms with Gasteiger partial charge < -0.3 is 23.4 Å². The average Bonchev–Trinajstić information content (AvgIpc) is 3.03. The predicted molar refractivity (Wildman–Crippen MR) is 186 cm³/mol. The zero-order chi connectivity index (χ0) is 33.5. The van der Waals surface area contributed by atoms with Crippen LogP contribution in [-0.2, 0) is 43.3 Å². The molecule has 0 aromatic heterocycles. The van der Waals surface area contributed by atoms with Crippen molar-refractivity contribution in [3.8, 4) is 5.75 Å². The Kier molecular flexibility index (Phi) is 11.8. The molecule has 0 N–H and O–H groups in total. The summed E-state index contributed by atoms with van der Waals surface area (Å²) in [4.78, 5) is 14.4. The van der Waals surface area contributed by atoms with Gasteiger partial charge in [-0.1, -0.05) is 107 Å². The van der Waals surface area contributed by atoms with E-state index < -0.39 is 38.1 Å². The molecule has 0 saturated heterocycles. The lowest BCUT2D eigenvalue weighted by molar-refractivity contribution is -0.179. The fourth-order valence-electron chi connectivity index (χ4n) is 5.50. The van der Waals surface area contributed by atoms with Crippen molar-refractivity contribution in [1.29, 1.82) is 0 Å². The first kappa shape index (κ1) is 35.8. The highest BCUT2D eigenvalue weighted by Crippen LogP contribution is 2.45. The summed E-state index contributed by atoms with van der Waals surface area (Å²) in [6.07, 6.45) is -0.496. The molecule has 0 aliphatic heterocycles. The molecule has 0 unspecified atom stereocenters. The van der Waals surface area contributed by atoms with E-state index in [1.54, 1.807) is 7.11 Å². The van der Waals surface area contributed by atoms with Gasteiger partial charge in [0.2, 0.25) is 0 Å². The zero-order valence-electron chi connectivity index (χ0n) is 29.0. The molecule has 0 bridgehead atoms. The maximum atomic E-state index is 14.4. The van der Waals surface area contributed by atoms with Crippen LogP contribution in [-0.4, -0.2) is 45.6 Å². The van der Waals surface area contributed by atoms with Crippen LogP contribution in [0.4, 0.5) is 0 Å². The first-order chi connectivity index (χ1) is 21.7. The average molecular weight is 645 g/mol. The number of ketones is 1. The number of carbonyl (C=O) groups is 1. The van der Waals surface area contributed by atoms with E-state index in [-0.39, 0.29) is 10.8 Å². The first-order valence-corrected chi connectivity index (χ1v) is 19.1. The maximum Gasteiger partial charge on any atom is 0.192 e. The molecule has 4 atom stereocenters. The van der Waals surface area contributed by atoms with Gasteiger partial charge in [-0.2, -0.15) is 0 Å². The molecule has 1 aliphatic carbocycles. The van der Waals surface area contributed by atoms with Crippen LogP contribution in [0.15, 0.2) is 96.6 Å². The molecular weight excluding hydrogens is 593 g/mol. The van der Waals surface area contributed by atoms with Crippen molar-refractivity contribution in [2.24, 2.45) is 5.41 Å². The number of ether oxygens (including phenoxy) is 4. The second-order valence-corrected chi connectivity index (χ2v) is 19.1. The van der Waals surface area contributed by atoms with E-state index in [9.17, 15) is 4.79 Å². The zero-order valence-corrected chi connectivity index (χ0v) is 30.0. The highest BCUT2D eigenvalue weighted by Gasteiger charge is 2.53. The molecule has 3 aromatic rings. The summed E-state index contributed by atoms with van der Waals surface area (Å²) in [6.45, 7) is 18.2. The van der Waals surface area contributed by atoms with Crippen LogP contribution in [0.5, 0.6) is 5.75 Å². The van der Waals surface area contributed by atoms with Crippen molar-refractivity contribution in [2.75, 3.05) is 7.11 Å². The van der Waals surface area contributed by atoms with Gasteiger partial charge in [0.1, 0.15) is 18.0 Å². The summed E-state index contributed by atoms with van der Waals surface area (Å²) in [6, 6.07) is 27.9. The number of rotatable bonds is 12. The van der Waals surface area contributed by atoms with Crippen LogP contribution in [0.2, 0.25) is 18.1 Å². The van der Waals surface area contributed by atoms with E-state index in [1.807, 2.05) is 97.9 Å². The lowest BCUT2D eigenvalue weighted by Crippen LogP contribution is -2.61. The SMILES string of the molecule is COc1ccc(CO[C@H]2[C@@H](OCc3ccccc3)/C=C(/C)C(=O)[C@H](OCc3ccccc3)[C@H](O[Si](C)(C)C(C)(C)C)C2(C)C)cc1. The molecule has 7 heteroatoms. The van der Waals surface area contributed by atoms with Gasteiger partial charge in [-0.05, 0) is 65.5 Å². The molecule has 0 radical (unpaired) electrons. The maximum absolute atomic E-state index is 14.4. The molecule has 46 heavy (non-hydrogen) atoms. The van der Waals surface area contributed by atoms with Gasteiger partial charge >= 0.3 is 0 Å². The van der Waals surface area contributed by atoms with Gasteiger partial charge in [0.25, 0.3) is 0 Å². The Balaban J connectivity index is 1.78. The third-order valence-electron chi connectivity index (χ3n) is 9.48. The Labute approximate surface area is 277 Å². The van der Waals surface area contributed by atoms with Gasteiger partial charge in [-0.3, -0.25) is 4.79 Å². The van der Waals surface area contributed by atoms with Crippen LogP contribution in [0.25, 0.3) is 0 Å². The van der Waals surface area contributed by atoms with Gasteiger partial charge in [-0.25, -0.2) is 0 Å². The van der Waals surface area contributed by atoms with Gasteiger partial charge in [0.15, 0.2) is 14.1 Å². The minimum atomic E-state index is -2.40. The summed E-state index contributed by atoms with van der Waals surface area (Å²) in [7, 11) is -0.745. The van der Waals surface area contributed by atoms with E-state index in [2.05, 4.69) is 47.7 Å². The highest BCUT2D eigenvalue weighted by atomic mass is 28.4. The van der Waals surface area contributed by atoms with E-state index in [4.69, 9.17) is 23.4 Å². The Morgan fingerprint density at radius 1 is 0.717 bits per heavy atom. The number of hydrogen-bond donors (Lipinski definition) is 0. The Hall–Kier alpha value is -3.07. The normalized spacial score (nSPS) is 23.2. The minimum Gasteiger partial charge on any atom is -0.497 e. The van der Waals surface area contributed by atoms with E-state index in [0.717, 1.165) is 22.4 Å². The molecule has 1 aliphatic rings. The minimum absolute atomic E-state index is 0.0883. The molecule has 0 spiro atoms. The summed E-state index contributed by atoms with van der Waals surface area (Å²) in [5.74, 6) is 0.701. The van der Waals surface area contributed by atoms with Crippen molar-refractivity contribution in [2.45, 2.75) is 104 Å². The van der Waals surface area contributed by atoms with E-state index in [1.165, 1.54) is 0 Å². The lowest BCUT2D eigenvalue weighted by Gasteiger charge is -2.50. The lowest BCUT2D eigenvalue weighted by atomic mass is 9.72. The Morgan fingerprint density at radius 2 is 1.22 bits per heavy atom. The number of hydrogen-bond acceptors (Lipinski definition) is 6. The topological polar surface area (TPSA) is 63.2 Å². The molecule has 0 heterocycles. The monoisotopic (exact) mass is 644 g/mol. The van der Waals surface area contributed by atoms with Crippen LogP contribution in [0, 0.1) is 5.41 Å². The quantitative estimate of drug-likeness (QED) is 0.184. The van der Waals surface area contributed by atoms with E-state index >= 15 is 0 Å². The molecule has 0 saturated carbocycles. The van der Waals surface area contributed by atoms with Crippen molar-refractivity contribution in [3.05, 3.63) is 113 Å². The summed E-state index contributed by atoms with van der Waals surface area (Å²) in [5, 5.41) is -0.0913. The van der Waals surface area contributed by atoms with Gasteiger partial charge in [-0.15, -0.1) is 0 Å². The molecule has 248 valence electrons. The molecule has 6 nitrogen and oxygen atoms in total. The van der Waals surface area contributed by atoms with Gasteiger partial charge in [0, 0.05) is 5.41 Å². The van der Waals surface area contributed by atoms with E-state index in [0.29, 0.717) is 25.4 Å². The number of Topliss-reactive ketones (excluding diaryl/α,β-unsaturated/α-hetero) is 1. The molecule has 0 fully saturated rings. The third-order valence-corrected chi connectivity index (χ3v) is 13.9. The second-order valence-electron chi connectivity index (χ2n) is 14.4. The smallest absolute Gasteiger partial charge is 0.192 e. The van der Waals surface area contributed by atoms with Gasteiger partial charge in [0.05, 0.1) is 39.1 Å². The second kappa shape index (κ2) is 15.2. The molecule has 4 rings (SSSR count). The third kappa shape index (κ3) is 8.84. The highest BCUT2D eigenvalue weighted by molar-refractivity contribution is 6.74. The Morgan fingerprint density at radius 3 is 1.74 bits per heavy atom. The summed E-state index contributed by atoms with van der Waals surface area (Å²) < 4.78 is 32.7. The van der Waals surface area contributed by atoms with Crippen LogP contribution >= 0.6 is 0 Å². The number of benzene rings is 3. The van der Waals surface area contributed by atoms with Crippen LogP contribution in [0.1, 0.15) is 58.2 Å². The first-order valence-electron chi connectivity index (χ1n) is 16.2. The number of methoxy groups -OCH3 is 1. The molecule has 3 aromatic carbocycles. The standard InChI is InChI=1S/C39H52O6Si/c1-28-24-33(42-25-29-16-12-10-13-17-29)36(44-27-31-20-22-32(41-7)23-21-31)39(5,6)37(45-46(8,9)38(2,3)4)35(34(28)40)43-26-30-18-14-11-15-19-30/h10-24,33,35-37H,25-27H2,1-9H3/b28-24-/t33-,35-,36-,37-/m0/s1. The number of carbonyl (C=O) groups excluding carboxylic acids is 1. The van der Waals surface area contributed by atoms with Crippen LogP contribution < -0.4 is 4.74 Å². The van der Waals surface area contributed by atoms with Crippen molar-refractivity contribution in [1.82, 2.24) is 0 Å². The Bertz CT molecular complexity index is 1430. The summed E-state index contributed by atoms with van der Waals surface area (Å²) in [5.41, 5.74) is 2.92. The summed E-state index contributed by atoms with van der Waals surface area (Å²) >= 11 is 0. The fourth-order valence-corrected chi connectivity index (χ4v) is 6.92. The molecule has 0 amide bonds. The van der Waals surface area contributed by atoms with Crippen LogP contribution in [0.3, 0.4) is 0 Å². The predicted octanol–water partition coefficient (Wildman–Crippen LogP) is 8.70. The largest absolute Gasteiger partial charge is 0.497 e.